The van der Waals surface area contributed by atoms with Crippen LogP contribution in [0.1, 0.15) is 57.1 Å². The zero-order valence-electron chi connectivity index (χ0n) is 11.9. The predicted octanol–water partition coefficient (Wildman–Crippen LogP) is 3.90. The van der Waals surface area contributed by atoms with Crippen molar-refractivity contribution >= 4 is 5.69 Å². The number of aliphatic hydroxyl groups is 1. The Hall–Kier alpha value is -1.02. The van der Waals surface area contributed by atoms with Crippen molar-refractivity contribution in [2.75, 3.05) is 11.4 Å². The summed E-state index contributed by atoms with van der Waals surface area (Å²) in [5, 5.41) is 10.0. The number of piperidine rings is 1. The molecule has 1 unspecified atom stereocenters. The van der Waals surface area contributed by atoms with Crippen LogP contribution in [0.4, 0.5) is 5.69 Å². The van der Waals surface area contributed by atoms with E-state index in [1.54, 1.807) is 0 Å². The van der Waals surface area contributed by atoms with Crippen LogP contribution in [-0.4, -0.2) is 17.7 Å². The largest absolute Gasteiger partial charge is 0.389 e. The van der Waals surface area contributed by atoms with Gasteiger partial charge in [0.15, 0.2) is 0 Å². The molecule has 0 bridgehead atoms. The SMILES string of the molecule is CC(O)c1ccccc1N1CCC[C@H]2CCCC[C@H]21. The van der Waals surface area contributed by atoms with Crippen LogP contribution in [0.2, 0.25) is 0 Å². The number of para-hydroxylation sites is 1. The van der Waals surface area contributed by atoms with Crippen LogP contribution in [0.25, 0.3) is 0 Å². The van der Waals surface area contributed by atoms with Gasteiger partial charge in [-0.3, -0.25) is 0 Å². The molecule has 1 aliphatic heterocycles. The smallest absolute Gasteiger partial charge is 0.0781 e. The Bertz CT molecular complexity index is 427. The van der Waals surface area contributed by atoms with E-state index in [1.807, 2.05) is 13.0 Å². The highest BCUT2D eigenvalue weighted by molar-refractivity contribution is 5.55. The summed E-state index contributed by atoms with van der Waals surface area (Å²) in [5.74, 6) is 0.879. The fourth-order valence-corrected chi connectivity index (χ4v) is 4.03. The summed E-state index contributed by atoms with van der Waals surface area (Å²) in [7, 11) is 0. The third kappa shape index (κ3) is 2.51. The normalized spacial score (nSPS) is 28.8. The summed E-state index contributed by atoms with van der Waals surface area (Å²) < 4.78 is 0. The molecule has 3 rings (SSSR count). The Morgan fingerprint density at radius 3 is 2.68 bits per heavy atom. The van der Waals surface area contributed by atoms with Gasteiger partial charge in [0.25, 0.3) is 0 Å². The van der Waals surface area contributed by atoms with Crippen LogP contribution >= 0.6 is 0 Å². The van der Waals surface area contributed by atoms with Crippen LogP contribution < -0.4 is 4.90 Å². The number of benzene rings is 1. The van der Waals surface area contributed by atoms with Crippen molar-refractivity contribution in [3.8, 4) is 0 Å². The first-order valence-electron chi connectivity index (χ1n) is 7.81. The fourth-order valence-electron chi connectivity index (χ4n) is 4.03. The Balaban J connectivity index is 1.91. The van der Waals surface area contributed by atoms with E-state index in [9.17, 15) is 5.11 Å². The minimum atomic E-state index is -0.375. The monoisotopic (exact) mass is 259 g/mol. The third-order valence-electron chi connectivity index (χ3n) is 4.94. The molecular formula is C17H25NO. The van der Waals surface area contributed by atoms with Crippen LogP contribution in [0.5, 0.6) is 0 Å². The van der Waals surface area contributed by atoms with E-state index in [0.29, 0.717) is 6.04 Å². The maximum Gasteiger partial charge on any atom is 0.0781 e. The van der Waals surface area contributed by atoms with Gasteiger partial charge in [-0.25, -0.2) is 0 Å². The van der Waals surface area contributed by atoms with Crippen molar-refractivity contribution in [3.05, 3.63) is 29.8 Å². The molecule has 1 N–H and O–H groups in total. The first-order valence-corrected chi connectivity index (χ1v) is 7.81. The maximum absolute atomic E-state index is 10.0. The van der Waals surface area contributed by atoms with Crippen LogP contribution in [0, 0.1) is 5.92 Å². The molecule has 2 fully saturated rings. The molecule has 0 spiro atoms. The van der Waals surface area contributed by atoms with Crippen molar-refractivity contribution in [2.24, 2.45) is 5.92 Å². The molecule has 0 radical (unpaired) electrons. The molecule has 1 aromatic carbocycles. The Labute approximate surface area is 116 Å². The number of hydrogen-bond donors (Lipinski definition) is 1. The van der Waals surface area contributed by atoms with E-state index in [2.05, 4.69) is 23.1 Å². The lowest BCUT2D eigenvalue weighted by Crippen LogP contribution is -2.47. The van der Waals surface area contributed by atoms with E-state index in [1.165, 1.54) is 44.2 Å². The number of aliphatic hydroxyl groups excluding tert-OH is 1. The molecule has 2 nitrogen and oxygen atoms in total. The number of anilines is 1. The summed E-state index contributed by atoms with van der Waals surface area (Å²) in [4.78, 5) is 2.59. The van der Waals surface area contributed by atoms with Crippen LogP contribution in [0.3, 0.4) is 0 Å². The van der Waals surface area contributed by atoms with Gasteiger partial charge in [0.1, 0.15) is 0 Å². The summed E-state index contributed by atoms with van der Waals surface area (Å²) in [5.41, 5.74) is 2.36. The average Bonchev–Trinajstić information content (AvgIpc) is 2.46. The van der Waals surface area contributed by atoms with Gasteiger partial charge in [-0.2, -0.15) is 0 Å². The van der Waals surface area contributed by atoms with E-state index < -0.39 is 0 Å². The number of rotatable bonds is 2. The highest BCUT2D eigenvalue weighted by Crippen LogP contribution is 2.39. The van der Waals surface area contributed by atoms with E-state index in [0.717, 1.165) is 18.0 Å². The highest BCUT2D eigenvalue weighted by Gasteiger charge is 2.34. The van der Waals surface area contributed by atoms with Gasteiger partial charge in [-0.15, -0.1) is 0 Å². The molecule has 1 saturated heterocycles. The van der Waals surface area contributed by atoms with Gasteiger partial charge >= 0.3 is 0 Å². The molecule has 0 aromatic heterocycles. The van der Waals surface area contributed by atoms with Crippen molar-refractivity contribution in [1.82, 2.24) is 0 Å². The van der Waals surface area contributed by atoms with Gasteiger partial charge < -0.3 is 10.0 Å². The molecule has 1 aliphatic carbocycles. The van der Waals surface area contributed by atoms with Crippen LogP contribution in [-0.2, 0) is 0 Å². The standard InChI is InChI=1S/C17H25NO/c1-13(19)15-9-3-5-11-17(15)18-12-6-8-14-7-2-4-10-16(14)18/h3,5,9,11,13-14,16,19H,2,4,6-8,10,12H2,1H3/t13?,14-,16-/m1/s1. The van der Waals surface area contributed by atoms with Gasteiger partial charge in [0.2, 0.25) is 0 Å². The zero-order valence-corrected chi connectivity index (χ0v) is 11.9. The maximum atomic E-state index is 10.0. The van der Waals surface area contributed by atoms with E-state index in [4.69, 9.17) is 0 Å². The highest BCUT2D eigenvalue weighted by atomic mass is 16.3. The summed E-state index contributed by atoms with van der Waals surface area (Å²) in [6.45, 7) is 3.03. The quantitative estimate of drug-likeness (QED) is 0.870. The number of nitrogens with zero attached hydrogens (tertiary/aromatic N) is 1. The lowest BCUT2D eigenvalue weighted by atomic mass is 9.78. The molecule has 3 atom stereocenters. The third-order valence-corrected chi connectivity index (χ3v) is 4.94. The van der Waals surface area contributed by atoms with Gasteiger partial charge in [-0.1, -0.05) is 31.0 Å². The van der Waals surface area contributed by atoms with E-state index in [-0.39, 0.29) is 6.10 Å². The minimum Gasteiger partial charge on any atom is -0.389 e. The summed E-state index contributed by atoms with van der Waals surface area (Å²) >= 11 is 0. The second kappa shape index (κ2) is 5.54. The molecule has 2 aliphatic rings. The van der Waals surface area contributed by atoms with Gasteiger partial charge in [0, 0.05) is 23.8 Å². The average molecular weight is 259 g/mol. The molecular weight excluding hydrogens is 234 g/mol. The Morgan fingerprint density at radius 1 is 1.11 bits per heavy atom. The molecule has 19 heavy (non-hydrogen) atoms. The van der Waals surface area contributed by atoms with Crippen LogP contribution in [0.15, 0.2) is 24.3 Å². The predicted molar refractivity (Wildman–Crippen MR) is 79.4 cm³/mol. The second-order valence-corrected chi connectivity index (χ2v) is 6.18. The summed E-state index contributed by atoms with van der Waals surface area (Å²) in [6, 6.07) is 9.12. The first-order chi connectivity index (χ1) is 9.27. The summed E-state index contributed by atoms with van der Waals surface area (Å²) in [6.07, 6.45) is 7.84. The Kier molecular flexibility index (Phi) is 3.79. The van der Waals surface area contributed by atoms with Crippen molar-refractivity contribution in [2.45, 2.75) is 57.6 Å². The first kappa shape index (κ1) is 13.0. The van der Waals surface area contributed by atoms with Crippen molar-refractivity contribution in [3.63, 3.8) is 0 Å². The molecule has 0 amide bonds. The molecule has 1 saturated carbocycles. The Morgan fingerprint density at radius 2 is 1.84 bits per heavy atom. The zero-order chi connectivity index (χ0) is 13.2. The number of hydrogen-bond acceptors (Lipinski definition) is 2. The van der Waals surface area contributed by atoms with Crippen molar-refractivity contribution < 1.29 is 5.11 Å². The molecule has 1 aromatic rings. The molecule has 104 valence electrons. The van der Waals surface area contributed by atoms with Crippen molar-refractivity contribution in [1.29, 1.82) is 0 Å². The van der Waals surface area contributed by atoms with Gasteiger partial charge in [-0.05, 0) is 44.6 Å². The van der Waals surface area contributed by atoms with Gasteiger partial charge in [0.05, 0.1) is 6.10 Å². The lowest BCUT2D eigenvalue weighted by Gasteiger charge is -2.46. The molecule has 1 heterocycles. The number of fused-ring (bicyclic) bond motifs is 1. The fraction of sp³-hybridized carbons (Fsp3) is 0.647. The topological polar surface area (TPSA) is 23.5 Å². The molecule has 2 heteroatoms. The van der Waals surface area contributed by atoms with E-state index >= 15 is 0 Å². The second-order valence-electron chi connectivity index (χ2n) is 6.18. The minimum absolute atomic E-state index is 0.375. The lowest BCUT2D eigenvalue weighted by molar-refractivity contribution is 0.197.